The Labute approximate surface area is 176 Å². The number of nitrogens with zero attached hydrogens (tertiary/aromatic N) is 4. The summed E-state index contributed by atoms with van der Waals surface area (Å²) in [5, 5.41) is 2.96. The molecular weight excluding hydrogens is 378 g/mol. The summed E-state index contributed by atoms with van der Waals surface area (Å²) in [7, 11) is 2.17. The van der Waals surface area contributed by atoms with Crippen molar-refractivity contribution in [3.63, 3.8) is 0 Å². The van der Waals surface area contributed by atoms with Crippen molar-refractivity contribution in [1.29, 1.82) is 0 Å². The van der Waals surface area contributed by atoms with Crippen LogP contribution in [0.3, 0.4) is 0 Å². The number of piperazine rings is 1. The number of likely N-dealkylation sites (N-methyl/N-ethyl adjacent to an activating group) is 1. The summed E-state index contributed by atoms with van der Waals surface area (Å²) >= 11 is 0. The molecule has 0 radical (unpaired) electrons. The first kappa shape index (κ1) is 19.1. The lowest BCUT2D eigenvalue weighted by molar-refractivity contribution is 0.0956. The van der Waals surface area contributed by atoms with E-state index in [0.29, 0.717) is 25.3 Å². The van der Waals surface area contributed by atoms with Gasteiger partial charge in [0.1, 0.15) is 18.2 Å². The van der Waals surface area contributed by atoms with Gasteiger partial charge in [-0.1, -0.05) is 6.07 Å². The molecule has 1 N–H and O–H groups in total. The third-order valence-corrected chi connectivity index (χ3v) is 6.02. The molecule has 0 saturated carbocycles. The number of benzene rings is 2. The van der Waals surface area contributed by atoms with Gasteiger partial charge in [-0.3, -0.25) is 9.69 Å². The highest BCUT2D eigenvalue weighted by Crippen LogP contribution is 2.29. The van der Waals surface area contributed by atoms with Crippen molar-refractivity contribution < 1.29 is 9.53 Å². The number of hydrogen-bond acceptors (Lipinski definition) is 5. The number of carbonyl (C=O) groups excluding carboxylic acids is 1. The van der Waals surface area contributed by atoms with Gasteiger partial charge < -0.3 is 19.5 Å². The van der Waals surface area contributed by atoms with Gasteiger partial charge in [0.05, 0.1) is 16.6 Å². The lowest BCUT2D eigenvalue weighted by Gasteiger charge is -2.32. The van der Waals surface area contributed by atoms with E-state index in [1.807, 2.05) is 30.3 Å². The Morgan fingerprint density at radius 2 is 1.83 bits per heavy atom. The summed E-state index contributed by atoms with van der Waals surface area (Å²) < 4.78 is 8.11. The normalized spacial score (nSPS) is 17.7. The monoisotopic (exact) mass is 405 g/mol. The molecule has 7 heteroatoms. The minimum absolute atomic E-state index is 0.0325. The molecule has 2 aliphatic rings. The molecule has 0 aliphatic carbocycles. The van der Waals surface area contributed by atoms with E-state index in [1.54, 1.807) is 0 Å². The Kier molecular flexibility index (Phi) is 5.14. The van der Waals surface area contributed by atoms with Crippen LogP contribution in [-0.4, -0.2) is 78.2 Å². The van der Waals surface area contributed by atoms with Crippen LogP contribution in [0.1, 0.15) is 10.4 Å². The molecular formula is C23H27N5O2. The van der Waals surface area contributed by atoms with E-state index in [2.05, 4.69) is 38.9 Å². The molecule has 156 valence electrons. The highest BCUT2D eigenvalue weighted by Gasteiger charge is 2.21. The lowest BCUT2D eigenvalue weighted by atomic mass is 10.1. The maximum atomic E-state index is 12.3. The lowest BCUT2D eigenvalue weighted by Crippen LogP contribution is -2.45. The van der Waals surface area contributed by atoms with E-state index >= 15 is 0 Å². The second kappa shape index (κ2) is 8.08. The Morgan fingerprint density at radius 3 is 2.63 bits per heavy atom. The number of hydrogen-bond donors (Lipinski definition) is 1. The van der Waals surface area contributed by atoms with Crippen molar-refractivity contribution in [3.05, 3.63) is 48.0 Å². The summed E-state index contributed by atoms with van der Waals surface area (Å²) in [6, 6.07) is 13.8. The van der Waals surface area contributed by atoms with Crippen LogP contribution in [0.15, 0.2) is 42.5 Å². The second-order valence-electron chi connectivity index (χ2n) is 8.03. The van der Waals surface area contributed by atoms with Crippen LogP contribution in [-0.2, 0) is 6.54 Å². The molecule has 1 amide bonds. The van der Waals surface area contributed by atoms with Crippen LogP contribution in [0.2, 0.25) is 0 Å². The highest BCUT2D eigenvalue weighted by atomic mass is 16.5. The van der Waals surface area contributed by atoms with E-state index in [-0.39, 0.29) is 5.91 Å². The van der Waals surface area contributed by atoms with E-state index in [0.717, 1.165) is 60.9 Å². The van der Waals surface area contributed by atoms with Gasteiger partial charge in [0, 0.05) is 51.4 Å². The third-order valence-electron chi connectivity index (χ3n) is 6.02. The number of para-hydroxylation sites is 1. The number of carbonyl (C=O) groups is 1. The zero-order valence-electron chi connectivity index (χ0n) is 17.3. The summed E-state index contributed by atoms with van der Waals surface area (Å²) in [5.41, 5.74) is 3.48. The number of nitrogens with one attached hydrogen (secondary N) is 1. The van der Waals surface area contributed by atoms with E-state index in [4.69, 9.17) is 9.72 Å². The molecule has 0 spiro atoms. The van der Waals surface area contributed by atoms with Crippen LogP contribution in [0.5, 0.6) is 5.75 Å². The number of rotatable bonds is 5. The van der Waals surface area contributed by atoms with E-state index in [1.165, 1.54) is 0 Å². The molecule has 3 aromatic rings. The molecule has 0 atom stereocenters. The maximum Gasteiger partial charge on any atom is 0.253 e. The number of amides is 1. The van der Waals surface area contributed by atoms with Gasteiger partial charge >= 0.3 is 0 Å². The van der Waals surface area contributed by atoms with Gasteiger partial charge in [0.15, 0.2) is 0 Å². The molecule has 2 aromatic carbocycles. The van der Waals surface area contributed by atoms with Gasteiger partial charge in [-0.25, -0.2) is 4.98 Å². The summed E-state index contributed by atoms with van der Waals surface area (Å²) in [4.78, 5) is 22.0. The molecule has 1 saturated heterocycles. The Morgan fingerprint density at radius 1 is 1.03 bits per heavy atom. The first-order valence-corrected chi connectivity index (χ1v) is 10.6. The van der Waals surface area contributed by atoms with Gasteiger partial charge in [-0.2, -0.15) is 0 Å². The van der Waals surface area contributed by atoms with Crippen molar-refractivity contribution in [1.82, 2.24) is 24.7 Å². The van der Waals surface area contributed by atoms with Crippen LogP contribution in [0, 0.1) is 0 Å². The number of ether oxygens (including phenoxy) is 1. The fourth-order valence-corrected chi connectivity index (χ4v) is 4.25. The van der Waals surface area contributed by atoms with Crippen LogP contribution in [0.4, 0.5) is 0 Å². The molecule has 1 fully saturated rings. The van der Waals surface area contributed by atoms with Gasteiger partial charge in [0.2, 0.25) is 0 Å². The zero-order valence-corrected chi connectivity index (χ0v) is 17.3. The predicted molar refractivity (Wildman–Crippen MR) is 117 cm³/mol. The van der Waals surface area contributed by atoms with Gasteiger partial charge in [-0.05, 0) is 43.4 Å². The molecule has 5 rings (SSSR count). The molecule has 0 bridgehead atoms. The minimum Gasteiger partial charge on any atom is -0.492 e. The smallest absolute Gasteiger partial charge is 0.253 e. The topological polar surface area (TPSA) is 62.6 Å². The largest absolute Gasteiger partial charge is 0.492 e. The van der Waals surface area contributed by atoms with Crippen LogP contribution < -0.4 is 10.1 Å². The molecule has 2 aliphatic heterocycles. The number of aromatic nitrogens is 2. The Balaban J connectivity index is 1.31. The summed E-state index contributed by atoms with van der Waals surface area (Å²) in [5.74, 6) is 1.73. The average Bonchev–Trinajstić information content (AvgIpc) is 3.05. The van der Waals surface area contributed by atoms with Crippen molar-refractivity contribution in [3.8, 4) is 17.1 Å². The van der Waals surface area contributed by atoms with Crippen LogP contribution in [0.25, 0.3) is 22.4 Å². The average molecular weight is 406 g/mol. The van der Waals surface area contributed by atoms with E-state index < -0.39 is 0 Å². The van der Waals surface area contributed by atoms with Crippen LogP contribution >= 0.6 is 0 Å². The maximum absolute atomic E-state index is 12.3. The fourth-order valence-electron chi connectivity index (χ4n) is 4.25. The van der Waals surface area contributed by atoms with Crippen molar-refractivity contribution in [2.45, 2.75) is 6.54 Å². The van der Waals surface area contributed by atoms with E-state index in [9.17, 15) is 4.79 Å². The fraction of sp³-hybridized carbons (Fsp3) is 0.391. The SMILES string of the molecule is CN1CCN(CCOc2ccc(-c3nc4cccc5c4n3CCNC5=O)cc2)CC1. The van der Waals surface area contributed by atoms with Crippen molar-refractivity contribution in [2.24, 2.45) is 0 Å². The highest BCUT2D eigenvalue weighted by molar-refractivity contribution is 6.06. The minimum atomic E-state index is -0.0325. The molecule has 1 aromatic heterocycles. The predicted octanol–water partition coefficient (Wildman–Crippen LogP) is 2.07. The van der Waals surface area contributed by atoms with Crippen molar-refractivity contribution >= 4 is 16.9 Å². The summed E-state index contributed by atoms with van der Waals surface area (Å²) in [6.45, 7) is 7.41. The third kappa shape index (κ3) is 3.66. The van der Waals surface area contributed by atoms with Gasteiger partial charge in [0.25, 0.3) is 5.91 Å². The quantitative estimate of drug-likeness (QED) is 0.704. The number of imidazole rings is 1. The molecule has 7 nitrogen and oxygen atoms in total. The molecule has 30 heavy (non-hydrogen) atoms. The Bertz CT molecular complexity index is 1050. The van der Waals surface area contributed by atoms with Crippen molar-refractivity contribution in [2.75, 3.05) is 52.9 Å². The first-order chi connectivity index (χ1) is 14.7. The first-order valence-electron chi connectivity index (χ1n) is 10.6. The van der Waals surface area contributed by atoms with Gasteiger partial charge in [-0.15, -0.1) is 0 Å². The molecule has 3 heterocycles. The zero-order chi connectivity index (χ0) is 20.5. The second-order valence-corrected chi connectivity index (χ2v) is 8.03. The summed E-state index contributed by atoms with van der Waals surface area (Å²) in [6.07, 6.45) is 0. The Hall–Kier alpha value is -2.90. The standard InChI is InChI=1S/C23H27N5O2/c1-26-11-13-27(14-12-26)15-16-30-18-7-5-17(6-8-18)22-25-20-4-2-3-19-21(20)28(22)10-9-24-23(19)29/h2-8H,9-16H2,1H3,(H,24,29). The molecule has 0 unspecified atom stereocenters.